The fourth-order valence-electron chi connectivity index (χ4n) is 4.10. The van der Waals surface area contributed by atoms with Crippen molar-refractivity contribution in [3.63, 3.8) is 0 Å². The zero-order valence-electron chi connectivity index (χ0n) is 20.8. The number of pyridine rings is 1. The van der Waals surface area contributed by atoms with Crippen LogP contribution in [0, 0.1) is 0 Å². The van der Waals surface area contributed by atoms with Gasteiger partial charge in [0.2, 0.25) is 0 Å². The normalized spacial score (nSPS) is 11.9. The number of halogens is 1. The number of amides is 1. The van der Waals surface area contributed by atoms with E-state index >= 15 is 0 Å². The molecule has 0 saturated heterocycles. The van der Waals surface area contributed by atoms with Gasteiger partial charge in [0.15, 0.2) is 16.9 Å². The van der Waals surface area contributed by atoms with Crippen LogP contribution >= 0.6 is 11.6 Å². The molecule has 1 aliphatic rings. The molecule has 0 radical (unpaired) electrons. The van der Waals surface area contributed by atoms with E-state index in [1.165, 1.54) is 4.57 Å². The summed E-state index contributed by atoms with van der Waals surface area (Å²) >= 11 is 6.18. The van der Waals surface area contributed by atoms with Crippen LogP contribution in [0.2, 0.25) is 5.02 Å². The van der Waals surface area contributed by atoms with Gasteiger partial charge in [-0.15, -0.1) is 0 Å². The number of aromatic nitrogens is 1. The van der Waals surface area contributed by atoms with Gasteiger partial charge >= 0.3 is 5.97 Å². The number of carbonyl (C=O) groups is 2. The number of hydrogen-bond donors (Lipinski definition) is 3. The van der Waals surface area contributed by atoms with Gasteiger partial charge in [-0.2, -0.15) is 0 Å². The lowest BCUT2D eigenvalue weighted by atomic mass is 10.1. The Morgan fingerprint density at radius 3 is 2.34 bits per heavy atom. The second-order valence-corrected chi connectivity index (χ2v) is 8.77. The second kappa shape index (κ2) is 11.8. The quantitative estimate of drug-likeness (QED) is 0.355. The molecule has 4 aromatic rings. The van der Waals surface area contributed by atoms with Gasteiger partial charge in [0.05, 0.1) is 11.1 Å². The van der Waals surface area contributed by atoms with E-state index in [4.69, 9.17) is 21.1 Å². The standard InChI is InChI=1S/C26H19ClN2O6.C2H7N/c27-16-7-8-18-20(13-16)29(17-4-2-1-3-5-17)23(26(32)33)19(24(18)30)14-28-25(31)15-6-9-21-22(12-15)35-11-10-34-21;1-3-2/h1-9,12-13H,10-11,14H2,(H,28,31)(H,32,33);3H,1-2H3. The first kappa shape index (κ1) is 26.7. The van der Waals surface area contributed by atoms with Crippen molar-refractivity contribution in [3.8, 4) is 17.2 Å². The fraction of sp³-hybridized carbons (Fsp3) is 0.179. The first-order valence-corrected chi connectivity index (χ1v) is 12.2. The Morgan fingerprint density at radius 1 is 0.974 bits per heavy atom. The second-order valence-electron chi connectivity index (χ2n) is 8.33. The van der Waals surface area contributed by atoms with Crippen molar-refractivity contribution < 1.29 is 24.2 Å². The van der Waals surface area contributed by atoms with E-state index in [0.717, 1.165) is 0 Å². The Kier molecular flexibility index (Phi) is 8.30. The van der Waals surface area contributed by atoms with Crippen molar-refractivity contribution in [2.75, 3.05) is 27.3 Å². The average Bonchev–Trinajstić information content (AvgIpc) is 2.92. The van der Waals surface area contributed by atoms with Crippen molar-refractivity contribution in [3.05, 3.63) is 98.8 Å². The summed E-state index contributed by atoms with van der Waals surface area (Å²) in [6.45, 7) is 0.511. The van der Waals surface area contributed by atoms with Crippen LogP contribution in [0.5, 0.6) is 11.5 Å². The smallest absolute Gasteiger partial charge is 0.353 e. The number of carbonyl (C=O) groups excluding carboxylic acids is 1. The number of fused-ring (bicyclic) bond motifs is 2. The van der Waals surface area contributed by atoms with Crippen LogP contribution in [0.15, 0.2) is 71.5 Å². The Bertz CT molecular complexity index is 1550. The number of carboxylic acid groups (broad SMARTS) is 1. The van der Waals surface area contributed by atoms with Crippen molar-refractivity contribution in [1.29, 1.82) is 0 Å². The monoisotopic (exact) mass is 535 g/mol. The van der Waals surface area contributed by atoms with Crippen molar-refractivity contribution in [2.45, 2.75) is 6.54 Å². The van der Waals surface area contributed by atoms with Gasteiger partial charge in [-0.25, -0.2) is 4.79 Å². The number of ether oxygens (including phenoxy) is 2. The van der Waals surface area contributed by atoms with Crippen LogP contribution in [-0.2, 0) is 6.54 Å². The molecule has 0 aliphatic carbocycles. The number of rotatable bonds is 5. The highest BCUT2D eigenvalue weighted by atomic mass is 35.5. The summed E-state index contributed by atoms with van der Waals surface area (Å²) in [6.07, 6.45) is 0. The number of nitrogens with one attached hydrogen (secondary N) is 2. The molecule has 3 N–H and O–H groups in total. The molecule has 3 aromatic carbocycles. The summed E-state index contributed by atoms with van der Waals surface area (Å²) in [5.74, 6) is -0.805. The lowest BCUT2D eigenvalue weighted by Gasteiger charge is -2.20. The number of aromatic carboxylic acids is 1. The van der Waals surface area contributed by atoms with E-state index in [2.05, 4.69) is 10.6 Å². The van der Waals surface area contributed by atoms with Crippen LogP contribution in [0.1, 0.15) is 26.4 Å². The van der Waals surface area contributed by atoms with Crippen LogP contribution < -0.4 is 25.5 Å². The van der Waals surface area contributed by atoms with Gasteiger partial charge in [-0.1, -0.05) is 29.8 Å². The van der Waals surface area contributed by atoms with E-state index in [1.807, 2.05) is 14.1 Å². The van der Waals surface area contributed by atoms with Crippen LogP contribution in [0.3, 0.4) is 0 Å². The van der Waals surface area contributed by atoms with E-state index in [9.17, 15) is 19.5 Å². The first-order chi connectivity index (χ1) is 18.3. The topological polar surface area (TPSA) is 119 Å². The van der Waals surface area contributed by atoms with Gasteiger partial charge in [0.25, 0.3) is 5.91 Å². The molecule has 0 bridgehead atoms. The van der Waals surface area contributed by atoms with Gasteiger partial charge in [0.1, 0.15) is 18.9 Å². The fourth-order valence-corrected chi connectivity index (χ4v) is 4.26. The van der Waals surface area contributed by atoms with Gasteiger partial charge in [-0.05, 0) is 62.6 Å². The molecule has 0 saturated carbocycles. The minimum Gasteiger partial charge on any atom is -0.486 e. The molecule has 1 aromatic heterocycles. The number of para-hydroxylation sites is 1. The van der Waals surface area contributed by atoms with Crippen LogP contribution in [0.25, 0.3) is 16.6 Å². The SMILES string of the molecule is CNC.O=C(NCc1c(C(=O)O)n(-c2ccccc2)c2cc(Cl)ccc2c1=O)c1ccc2c(c1)OCCO2. The minimum absolute atomic E-state index is 0.0536. The molecule has 2 heterocycles. The summed E-state index contributed by atoms with van der Waals surface area (Å²) in [5, 5.41) is 16.2. The molecule has 0 spiro atoms. The molecule has 0 atom stereocenters. The van der Waals surface area contributed by atoms with Crippen LogP contribution in [-0.4, -0.2) is 48.9 Å². The molecular weight excluding hydrogens is 510 g/mol. The Hall–Kier alpha value is -4.34. The minimum atomic E-state index is -1.31. The predicted molar refractivity (Wildman–Crippen MR) is 145 cm³/mol. The lowest BCUT2D eigenvalue weighted by Crippen LogP contribution is -2.30. The zero-order chi connectivity index (χ0) is 27.2. The predicted octanol–water partition coefficient (Wildman–Crippen LogP) is 3.88. The summed E-state index contributed by atoms with van der Waals surface area (Å²) in [6, 6.07) is 18.2. The summed E-state index contributed by atoms with van der Waals surface area (Å²) in [5.41, 5.74) is 0.385. The maximum atomic E-state index is 13.4. The van der Waals surface area contributed by atoms with E-state index in [0.29, 0.717) is 46.5 Å². The maximum Gasteiger partial charge on any atom is 0.353 e. The molecule has 1 aliphatic heterocycles. The molecule has 5 rings (SSSR count). The summed E-state index contributed by atoms with van der Waals surface area (Å²) in [7, 11) is 3.75. The first-order valence-electron chi connectivity index (χ1n) is 11.8. The zero-order valence-corrected chi connectivity index (χ0v) is 21.5. The third-order valence-electron chi connectivity index (χ3n) is 5.68. The van der Waals surface area contributed by atoms with Gasteiger partial charge < -0.3 is 29.8 Å². The highest BCUT2D eigenvalue weighted by molar-refractivity contribution is 6.31. The number of hydrogen-bond acceptors (Lipinski definition) is 6. The summed E-state index contributed by atoms with van der Waals surface area (Å²) < 4.78 is 12.5. The molecular formula is C28H26ClN3O6. The third kappa shape index (κ3) is 5.49. The molecule has 10 heteroatoms. The Labute approximate surface area is 223 Å². The van der Waals surface area contributed by atoms with Crippen molar-refractivity contribution in [2.24, 2.45) is 0 Å². The van der Waals surface area contributed by atoms with Crippen LogP contribution in [0.4, 0.5) is 0 Å². The number of nitrogens with zero attached hydrogens (tertiary/aromatic N) is 1. The number of carboxylic acids is 1. The Balaban J connectivity index is 0.00000107. The van der Waals surface area contributed by atoms with Gasteiger partial charge in [-0.3, -0.25) is 9.59 Å². The van der Waals surface area contributed by atoms with Crippen molar-refractivity contribution in [1.82, 2.24) is 15.2 Å². The molecule has 0 fully saturated rings. The highest BCUT2D eigenvalue weighted by Crippen LogP contribution is 2.31. The van der Waals surface area contributed by atoms with Crippen molar-refractivity contribution >= 4 is 34.4 Å². The molecule has 1 amide bonds. The lowest BCUT2D eigenvalue weighted by molar-refractivity contribution is 0.0685. The Morgan fingerprint density at radius 2 is 1.66 bits per heavy atom. The van der Waals surface area contributed by atoms with E-state index in [-0.39, 0.29) is 23.2 Å². The summed E-state index contributed by atoms with van der Waals surface area (Å²) in [4.78, 5) is 38.7. The molecule has 38 heavy (non-hydrogen) atoms. The van der Waals surface area contributed by atoms with Gasteiger partial charge in [0, 0.05) is 28.2 Å². The molecule has 9 nitrogen and oxygen atoms in total. The average molecular weight is 536 g/mol. The number of benzene rings is 3. The molecule has 196 valence electrons. The van der Waals surface area contributed by atoms with E-state index in [1.54, 1.807) is 66.7 Å². The third-order valence-corrected chi connectivity index (χ3v) is 5.91. The maximum absolute atomic E-state index is 13.4. The largest absolute Gasteiger partial charge is 0.486 e. The highest BCUT2D eigenvalue weighted by Gasteiger charge is 2.24. The molecule has 0 unspecified atom stereocenters. The van der Waals surface area contributed by atoms with E-state index < -0.39 is 17.3 Å².